The largest absolute Gasteiger partial charge is 0.347 e. The summed E-state index contributed by atoms with van der Waals surface area (Å²) in [4.78, 5) is 35.9. The van der Waals surface area contributed by atoms with Gasteiger partial charge in [-0.05, 0) is 36.8 Å². The Bertz CT molecular complexity index is 534. The molecular weight excluding hydrogens is 324 g/mol. The molecule has 0 aromatic heterocycles. The van der Waals surface area contributed by atoms with Crippen molar-refractivity contribution in [1.82, 2.24) is 10.6 Å². The minimum atomic E-state index is -0.628. The fourth-order valence-corrected chi connectivity index (χ4v) is 2.79. The standard InChI is InChI=1S/C18H25N2O3S/c1-13(2)11-16(17(22)14-7-5-4-6-8-14)20-18(23)15(19-12-21)9-10-24-3/h4-7,12-13,15-16H,9-11H2,1-3H3,(H,19,21)(H,20,23)/t15-,16-/m0/s1. The van der Waals surface area contributed by atoms with Crippen molar-refractivity contribution >= 4 is 29.9 Å². The van der Waals surface area contributed by atoms with Crippen LogP contribution in [0.25, 0.3) is 0 Å². The van der Waals surface area contributed by atoms with E-state index < -0.39 is 12.1 Å². The SMILES string of the molecule is CSCC[C@H](NC=O)C(=O)N[C@@H](CC(C)C)C(=O)c1[c]cccc1. The van der Waals surface area contributed by atoms with Gasteiger partial charge in [-0.3, -0.25) is 14.4 Å². The van der Waals surface area contributed by atoms with Crippen LogP contribution in [0.4, 0.5) is 0 Å². The number of amides is 2. The second kappa shape index (κ2) is 10.9. The highest BCUT2D eigenvalue weighted by Gasteiger charge is 2.26. The number of benzene rings is 1. The van der Waals surface area contributed by atoms with Crippen molar-refractivity contribution in [3.8, 4) is 0 Å². The molecule has 0 saturated carbocycles. The van der Waals surface area contributed by atoms with Crippen LogP contribution in [-0.4, -0.2) is 42.2 Å². The molecule has 2 N–H and O–H groups in total. The zero-order chi connectivity index (χ0) is 17.9. The quantitative estimate of drug-likeness (QED) is 0.474. The third-order valence-corrected chi connectivity index (χ3v) is 4.15. The highest BCUT2D eigenvalue weighted by atomic mass is 32.2. The molecule has 2 atom stereocenters. The van der Waals surface area contributed by atoms with Crippen LogP contribution >= 0.6 is 11.8 Å². The van der Waals surface area contributed by atoms with Crippen LogP contribution in [0.2, 0.25) is 0 Å². The second-order valence-corrected chi connectivity index (χ2v) is 6.94. The van der Waals surface area contributed by atoms with E-state index >= 15 is 0 Å². The zero-order valence-corrected chi connectivity index (χ0v) is 15.2. The normalized spacial score (nSPS) is 13.2. The molecule has 6 heteroatoms. The Kier molecular flexibility index (Phi) is 9.15. The van der Waals surface area contributed by atoms with Crippen molar-refractivity contribution in [1.29, 1.82) is 0 Å². The van der Waals surface area contributed by atoms with Gasteiger partial charge in [-0.15, -0.1) is 0 Å². The summed E-state index contributed by atoms with van der Waals surface area (Å²) in [5.41, 5.74) is 0.451. The van der Waals surface area contributed by atoms with Crippen molar-refractivity contribution in [2.75, 3.05) is 12.0 Å². The van der Waals surface area contributed by atoms with Crippen molar-refractivity contribution in [2.24, 2.45) is 5.92 Å². The molecule has 2 amide bonds. The molecule has 131 valence electrons. The molecule has 1 radical (unpaired) electrons. The molecule has 0 unspecified atom stereocenters. The molecule has 0 saturated heterocycles. The topological polar surface area (TPSA) is 75.3 Å². The Balaban J connectivity index is 2.85. The van der Waals surface area contributed by atoms with Crippen LogP contribution in [0.3, 0.4) is 0 Å². The number of hydrogen-bond donors (Lipinski definition) is 2. The molecule has 0 heterocycles. The molecule has 0 fully saturated rings. The fourth-order valence-electron chi connectivity index (χ4n) is 2.32. The number of ketones is 1. The summed E-state index contributed by atoms with van der Waals surface area (Å²) in [6, 6.07) is 8.59. The minimum Gasteiger partial charge on any atom is -0.347 e. The lowest BCUT2D eigenvalue weighted by molar-refractivity contribution is -0.125. The van der Waals surface area contributed by atoms with Crippen molar-refractivity contribution in [2.45, 2.75) is 38.8 Å². The zero-order valence-electron chi connectivity index (χ0n) is 14.4. The Morgan fingerprint density at radius 3 is 2.58 bits per heavy atom. The first-order chi connectivity index (χ1) is 11.5. The third kappa shape index (κ3) is 6.74. The van der Waals surface area contributed by atoms with Gasteiger partial charge in [-0.25, -0.2) is 0 Å². The highest BCUT2D eigenvalue weighted by Crippen LogP contribution is 2.12. The first-order valence-electron chi connectivity index (χ1n) is 7.99. The molecule has 0 aliphatic rings. The van der Waals surface area contributed by atoms with Gasteiger partial charge in [0.15, 0.2) is 5.78 Å². The predicted molar refractivity (Wildman–Crippen MR) is 97.0 cm³/mol. The molecule has 5 nitrogen and oxygen atoms in total. The average molecular weight is 349 g/mol. The summed E-state index contributed by atoms with van der Waals surface area (Å²) in [6.07, 6.45) is 3.51. The predicted octanol–water partition coefficient (Wildman–Crippen LogP) is 2.07. The lowest BCUT2D eigenvalue weighted by Gasteiger charge is -2.23. The maximum atomic E-state index is 12.7. The number of nitrogens with one attached hydrogen (secondary N) is 2. The molecule has 0 spiro atoms. The van der Waals surface area contributed by atoms with Gasteiger partial charge in [0, 0.05) is 5.56 Å². The summed E-state index contributed by atoms with van der Waals surface area (Å²) in [5, 5.41) is 5.33. The highest BCUT2D eigenvalue weighted by molar-refractivity contribution is 7.98. The number of carbonyl (C=O) groups excluding carboxylic acids is 3. The number of hydrogen-bond acceptors (Lipinski definition) is 4. The maximum absolute atomic E-state index is 12.7. The van der Waals surface area contributed by atoms with Gasteiger partial charge in [-0.2, -0.15) is 11.8 Å². The van der Waals surface area contributed by atoms with Crippen LogP contribution in [0.5, 0.6) is 0 Å². The van der Waals surface area contributed by atoms with Crippen LogP contribution in [0.15, 0.2) is 24.3 Å². The van der Waals surface area contributed by atoms with E-state index in [1.165, 1.54) is 0 Å². The van der Waals surface area contributed by atoms with Gasteiger partial charge < -0.3 is 10.6 Å². The van der Waals surface area contributed by atoms with Gasteiger partial charge in [0.2, 0.25) is 12.3 Å². The Labute approximate surface area is 148 Å². The van der Waals surface area contributed by atoms with E-state index in [1.54, 1.807) is 36.0 Å². The fraction of sp³-hybridized carbons (Fsp3) is 0.500. The van der Waals surface area contributed by atoms with Crippen LogP contribution in [0, 0.1) is 12.0 Å². The second-order valence-electron chi connectivity index (χ2n) is 5.95. The van der Waals surface area contributed by atoms with E-state index in [2.05, 4.69) is 16.7 Å². The van der Waals surface area contributed by atoms with E-state index in [-0.39, 0.29) is 17.6 Å². The van der Waals surface area contributed by atoms with Gasteiger partial charge in [0.25, 0.3) is 0 Å². The lowest BCUT2D eigenvalue weighted by Crippen LogP contribution is -2.50. The molecule has 0 aliphatic heterocycles. The lowest BCUT2D eigenvalue weighted by atomic mass is 9.95. The van der Waals surface area contributed by atoms with Gasteiger partial charge >= 0.3 is 0 Å². The van der Waals surface area contributed by atoms with Crippen LogP contribution in [-0.2, 0) is 9.59 Å². The van der Waals surface area contributed by atoms with Crippen molar-refractivity contribution < 1.29 is 14.4 Å². The summed E-state index contributed by atoms with van der Waals surface area (Å²) in [6.45, 7) is 3.99. The summed E-state index contributed by atoms with van der Waals surface area (Å²) < 4.78 is 0. The molecule has 1 aromatic carbocycles. The van der Waals surface area contributed by atoms with Gasteiger partial charge in [0.1, 0.15) is 6.04 Å². The van der Waals surface area contributed by atoms with Crippen LogP contribution in [0.1, 0.15) is 37.0 Å². The number of Topliss-reactive ketones (excluding diaryl/α,β-unsaturated/α-hetero) is 1. The molecule has 0 aliphatic carbocycles. The monoisotopic (exact) mass is 349 g/mol. The van der Waals surface area contributed by atoms with Gasteiger partial charge in [0.05, 0.1) is 6.04 Å². The third-order valence-electron chi connectivity index (χ3n) is 3.51. The van der Waals surface area contributed by atoms with Gasteiger partial charge in [-0.1, -0.05) is 38.1 Å². The minimum absolute atomic E-state index is 0.160. The summed E-state index contributed by atoms with van der Waals surface area (Å²) in [7, 11) is 0. The molecule has 24 heavy (non-hydrogen) atoms. The van der Waals surface area contributed by atoms with E-state index in [9.17, 15) is 14.4 Å². The first kappa shape index (κ1) is 20.2. The Morgan fingerprint density at radius 2 is 2.04 bits per heavy atom. The summed E-state index contributed by atoms with van der Waals surface area (Å²) in [5.74, 6) is 0.499. The molecule has 0 bridgehead atoms. The van der Waals surface area contributed by atoms with E-state index in [1.807, 2.05) is 20.1 Å². The molecular formula is C18H25N2O3S. The van der Waals surface area contributed by atoms with E-state index in [4.69, 9.17) is 0 Å². The Hall–Kier alpha value is -1.82. The number of thioether (sulfide) groups is 1. The Morgan fingerprint density at radius 1 is 1.29 bits per heavy atom. The first-order valence-corrected chi connectivity index (χ1v) is 9.38. The van der Waals surface area contributed by atoms with Crippen LogP contribution < -0.4 is 10.6 Å². The summed E-state index contributed by atoms with van der Waals surface area (Å²) >= 11 is 1.60. The van der Waals surface area contributed by atoms with E-state index in [0.29, 0.717) is 24.8 Å². The smallest absolute Gasteiger partial charge is 0.243 e. The van der Waals surface area contributed by atoms with E-state index in [0.717, 1.165) is 5.75 Å². The average Bonchev–Trinajstić information content (AvgIpc) is 2.57. The van der Waals surface area contributed by atoms with Crippen molar-refractivity contribution in [3.05, 3.63) is 35.9 Å². The maximum Gasteiger partial charge on any atom is 0.243 e. The number of rotatable bonds is 11. The molecule has 1 rings (SSSR count). The number of carbonyl (C=O) groups is 3. The van der Waals surface area contributed by atoms with Crippen molar-refractivity contribution in [3.63, 3.8) is 0 Å². The molecule has 1 aromatic rings.